The summed E-state index contributed by atoms with van der Waals surface area (Å²) < 4.78 is 9.21. The molecule has 0 spiro atoms. The third kappa shape index (κ3) is 2.98. The van der Waals surface area contributed by atoms with E-state index in [4.69, 9.17) is 10.5 Å². The third-order valence-corrected chi connectivity index (χ3v) is 5.27. The van der Waals surface area contributed by atoms with E-state index in [-0.39, 0.29) is 11.4 Å². The number of hydrogen-bond donors (Lipinski definition) is 1. The second-order valence-electron chi connectivity index (χ2n) is 5.80. The molecule has 2 N–H and O–H groups in total. The minimum atomic E-state index is -0.391. The van der Waals surface area contributed by atoms with Crippen LogP contribution in [0, 0.1) is 0 Å². The zero-order valence-electron chi connectivity index (χ0n) is 13.2. The number of aromatic nitrogens is 1. The van der Waals surface area contributed by atoms with Crippen molar-refractivity contribution in [1.29, 1.82) is 0 Å². The fraction of sp³-hybridized carbons (Fsp3) is 0.714. The highest BCUT2D eigenvalue weighted by atomic mass is 32.1. The number of rotatable bonds is 6. The SMILES string of the molecule is CCOC(=O)c1c(N)nsc1N(C)CC1(N(C)C)CCC1. The van der Waals surface area contributed by atoms with Gasteiger partial charge in [-0.3, -0.25) is 0 Å². The molecule has 1 saturated carbocycles. The van der Waals surface area contributed by atoms with Crippen molar-refractivity contribution in [2.45, 2.75) is 31.7 Å². The molecule has 2 rings (SSSR count). The van der Waals surface area contributed by atoms with Crippen LogP contribution in [0.1, 0.15) is 36.5 Å². The topological polar surface area (TPSA) is 71.7 Å². The van der Waals surface area contributed by atoms with Gasteiger partial charge in [0.2, 0.25) is 0 Å². The van der Waals surface area contributed by atoms with Gasteiger partial charge in [-0.2, -0.15) is 4.37 Å². The summed E-state index contributed by atoms with van der Waals surface area (Å²) in [5.41, 5.74) is 6.42. The second-order valence-corrected chi connectivity index (χ2v) is 6.55. The second kappa shape index (κ2) is 6.19. The first-order chi connectivity index (χ1) is 9.91. The zero-order chi connectivity index (χ0) is 15.6. The van der Waals surface area contributed by atoms with E-state index >= 15 is 0 Å². The van der Waals surface area contributed by atoms with Crippen molar-refractivity contribution < 1.29 is 9.53 Å². The van der Waals surface area contributed by atoms with Crippen molar-refractivity contribution >= 4 is 28.3 Å². The van der Waals surface area contributed by atoms with E-state index in [2.05, 4.69) is 28.3 Å². The fourth-order valence-corrected chi connectivity index (χ4v) is 3.55. The van der Waals surface area contributed by atoms with Gasteiger partial charge in [-0.25, -0.2) is 4.79 Å². The molecule has 0 unspecified atom stereocenters. The zero-order valence-corrected chi connectivity index (χ0v) is 14.0. The van der Waals surface area contributed by atoms with Crippen LogP contribution >= 0.6 is 11.5 Å². The summed E-state index contributed by atoms with van der Waals surface area (Å²) in [6.07, 6.45) is 3.60. The van der Waals surface area contributed by atoms with Crippen molar-refractivity contribution in [3.63, 3.8) is 0 Å². The number of likely N-dealkylation sites (N-methyl/N-ethyl adjacent to an activating group) is 2. The van der Waals surface area contributed by atoms with Crippen molar-refractivity contribution in [3.05, 3.63) is 5.56 Å². The number of carbonyl (C=O) groups excluding carboxylic acids is 1. The maximum atomic E-state index is 12.1. The minimum absolute atomic E-state index is 0.180. The summed E-state index contributed by atoms with van der Waals surface area (Å²) in [6.45, 7) is 2.97. The largest absolute Gasteiger partial charge is 0.462 e. The van der Waals surface area contributed by atoms with Crippen LogP contribution in [-0.4, -0.2) is 55.1 Å². The van der Waals surface area contributed by atoms with Crippen LogP contribution in [0.4, 0.5) is 10.8 Å². The molecule has 0 atom stereocenters. The lowest BCUT2D eigenvalue weighted by atomic mass is 9.75. The van der Waals surface area contributed by atoms with E-state index in [0.29, 0.717) is 12.2 Å². The number of esters is 1. The highest BCUT2D eigenvalue weighted by molar-refractivity contribution is 7.11. The number of hydrogen-bond acceptors (Lipinski definition) is 7. The van der Waals surface area contributed by atoms with E-state index in [0.717, 1.165) is 11.5 Å². The molecular weight excluding hydrogens is 288 g/mol. The predicted octanol–water partition coefficient (Wildman–Crippen LogP) is 1.82. The summed E-state index contributed by atoms with van der Waals surface area (Å²) in [4.78, 5) is 16.4. The Morgan fingerprint density at radius 1 is 1.43 bits per heavy atom. The lowest BCUT2D eigenvalue weighted by Crippen LogP contribution is -2.56. The molecule has 1 aliphatic carbocycles. The average Bonchev–Trinajstić information content (AvgIpc) is 2.75. The number of ether oxygens (including phenoxy) is 1. The smallest absolute Gasteiger partial charge is 0.345 e. The van der Waals surface area contributed by atoms with Crippen molar-refractivity contribution in [3.8, 4) is 0 Å². The van der Waals surface area contributed by atoms with Gasteiger partial charge in [0.25, 0.3) is 0 Å². The molecule has 0 amide bonds. The first kappa shape index (κ1) is 16.0. The van der Waals surface area contributed by atoms with Crippen LogP contribution in [0.3, 0.4) is 0 Å². The molecule has 6 nitrogen and oxygen atoms in total. The first-order valence-corrected chi connectivity index (χ1v) is 7.99. The molecule has 0 radical (unpaired) electrons. The summed E-state index contributed by atoms with van der Waals surface area (Å²) in [5.74, 6) is -0.133. The summed E-state index contributed by atoms with van der Waals surface area (Å²) in [6, 6.07) is 0. The molecule has 0 aliphatic heterocycles. The van der Waals surface area contributed by atoms with Crippen LogP contribution in [0.2, 0.25) is 0 Å². The number of carbonyl (C=O) groups is 1. The Morgan fingerprint density at radius 3 is 2.57 bits per heavy atom. The molecule has 7 heteroatoms. The highest BCUT2D eigenvalue weighted by Crippen LogP contribution is 2.39. The quantitative estimate of drug-likeness (QED) is 0.808. The lowest BCUT2D eigenvalue weighted by molar-refractivity contribution is 0.0526. The van der Waals surface area contributed by atoms with Gasteiger partial charge in [0.05, 0.1) is 6.61 Å². The minimum Gasteiger partial charge on any atom is -0.462 e. The summed E-state index contributed by atoms with van der Waals surface area (Å²) >= 11 is 1.26. The predicted molar refractivity (Wildman–Crippen MR) is 86.0 cm³/mol. The molecule has 1 aliphatic rings. The Kier molecular flexibility index (Phi) is 4.73. The van der Waals surface area contributed by atoms with Crippen LogP contribution in [0.5, 0.6) is 0 Å². The van der Waals surface area contributed by atoms with Gasteiger partial charge in [-0.15, -0.1) is 0 Å². The Bertz CT molecular complexity index is 511. The normalized spacial score (nSPS) is 16.6. The molecular formula is C14H24N4O2S. The van der Waals surface area contributed by atoms with Gasteiger partial charge < -0.3 is 20.3 Å². The molecule has 21 heavy (non-hydrogen) atoms. The average molecular weight is 312 g/mol. The van der Waals surface area contributed by atoms with Crippen LogP contribution in [-0.2, 0) is 4.74 Å². The molecule has 0 saturated heterocycles. The maximum absolute atomic E-state index is 12.1. The highest BCUT2D eigenvalue weighted by Gasteiger charge is 2.40. The fourth-order valence-electron chi connectivity index (χ4n) is 2.79. The number of nitrogen functional groups attached to an aromatic ring is 1. The van der Waals surface area contributed by atoms with E-state index in [1.807, 2.05) is 7.05 Å². The molecule has 1 heterocycles. The van der Waals surface area contributed by atoms with Gasteiger partial charge in [0, 0.05) is 19.1 Å². The molecule has 1 fully saturated rings. The van der Waals surface area contributed by atoms with Gasteiger partial charge in [-0.05, 0) is 51.8 Å². The van der Waals surface area contributed by atoms with E-state index < -0.39 is 5.97 Å². The van der Waals surface area contributed by atoms with E-state index in [1.165, 1.54) is 30.8 Å². The van der Waals surface area contributed by atoms with Crippen molar-refractivity contribution in [2.75, 3.05) is 44.9 Å². The third-order valence-electron chi connectivity index (χ3n) is 4.29. The molecule has 1 aromatic heterocycles. The van der Waals surface area contributed by atoms with E-state index in [1.54, 1.807) is 6.92 Å². The van der Waals surface area contributed by atoms with Crippen molar-refractivity contribution in [2.24, 2.45) is 0 Å². The first-order valence-electron chi connectivity index (χ1n) is 7.22. The summed E-state index contributed by atoms with van der Waals surface area (Å²) in [7, 11) is 6.21. The molecule has 0 bridgehead atoms. The van der Waals surface area contributed by atoms with Gasteiger partial charge >= 0.3 is 5.97 Å². The van der Waals surface area contributed by atoms with Crippen molar-refractivity contribution in [1.82, 2.24) is 9.27 Å². The molecule has 1 aromatic rings. The van der Waals surface area contributed by atoms with Gasteiger partial charge in [0.1, 0.15) is 10.6 Å². The van der Waals surface area contributed by atoms with Gasteiger partial charge in [0.15, 0.2) is 5.82 Å². The Morgan fingerprint density at radius 2 is 2.10 bits per heavy atom. The van der Waals surface area contributed by atoms with Crippen LogP contribution in [0.15, 0.2) is 0 Å². The van der Waals surface area contributed by atoms with Crippen LogP contribution < -0.4 is 10.6 Å². The Balaban J connectivity index is 2.20. The number of nitrogens with zero attached hydrogens (tertiary/aromatic N) is 3. The molecule has 118 valence electrons. The van der Waals surface area contributed by atoms with Gasteiger partial charge in [-0.1, -0.05) is 0 Å². The maximum Gasteiger partial charge on any atom is 0.345 e. The number of anilines is 2. The lowest BCUT2D eigenvalue weighted by Gasteiger charge is -2.49. The van der Waals surface area contributed by atoms with E-state index in [9.17, 15) is 4.79 Å². The monoisotopic (exact) mass is 312 g/mol. The standard InChI is InChI=1S/C14H24N4O2S/c1-5-20-13(19)10-11(15)16-21-12(10)18(4)9-14(17(2)3)7-6-8-14/h5-9H2,1-4H3,(H2,15,16). The van der Waals surface area contributed by atoms with Crippen LogP contribution in [0.25, 0.3) is 0 Å². The summed E-state index contributed by atoms with van der Waals surface area (Å²) in [5, 5.41) is 0.791. The Hall–Kier alpha value is -1.34. The Labute approximate surface area is 130 Å². The molecule has 0 aromatic carbocycles. The number of nitrogens with two attached hydrogens (primary N) is 1.